The van der Waals surface area contributed by atoms with Gasteiger partial charge < -0.3 is 20.6 Å². The van der Waals surface area contributed by atoms with Gasteiger partial charge in [0, 0.05) is 24.4 Å². The van der Waals surface area contributed by atoms with E-state index in [1.54, 1.807) is 42.4 Å². The van der Waals surface area contributed by atoms with Crippen LogP contribution in [0.25, 0.3) is 0 Å². The summed E-state index contributed by atoms with van der Waals surface area (Å²) in [6, 6.07) is 8.91. The Labute approximate surface area is 149 Å². The van der Waals surface area contributed by atoms with E-state index in [9.17, 15) is 5.11 Å². The van der Waals surface area contributed by atoms with Gasteiger partial charge >= 0.3 is 0 Å². The van der Waals surface area contributed by atoms with Crippen LogP contribution >= 0.6 is 0 Å². The summed E-state index contributed by atoms with van der Waals surface area (Å²) in [6.07, 6.45) is 3.43. The highest BCUT2D eigenvalue weighted by Crippen LogP contribution is 2.34. The molecule has 1 saturated carbocycles. The SMILES string of the molecule is CC.CC(O)c1cccnc1Oc1ccc(N(N)CC2CC2)c(N)c1. The number of rotatable bonds is 6. The van der Waals surface area contributed by atoms with Crippen molar-refractivity contribution in [1.82, 2.24) is 4.98 Å². The van der Waals surface area contributed by atoms with Gasteiger partial charge in [-0.2, -0.15) is 0 Å². The molecular formula is C19H28N4O2. The minimum absolute atomic E-state index is 0.372. The number of nitrogens with two attached hydrogens (primary N) is 2. The third-order valence-corrected chi connectivity index (χ3v) is 3.93. The van der Waals surface area contributed by atoms with Crippen LogP contribution in [-0.4, -0.2) is 16.6 Å². The van der Waals surface area contributed by atoms with Gasteiger partial charge in [0.15, 0.2) is 0 Å². The standard InChI is InChI=1S/C17H22N4O2.C2H6/c1-11(22)14-3-2-8-20-17(14)23-13-6-7-16(15(18)9-13)21(19)10-12-4-5-12;1-2/h2-3,6-9,11-12,22H,4-5,10,18-19H2,1H3;1-2H3. The van der Waals surface area contributed by atoms with Crippen LogP contribution in [0.2, 0.25) is 0 Å². The van der Waals surface area contributed by atoms with E-state index >= 15 is 0 Å². The van der Waals surface area contributed by atoms with Gasteiger partial charge in [-0.1, -0.05) is 13.8 Å². The van der Waals surface area contributed by atoms with Crippen molar-refractivity contribution >= 4 is 11.4 Å². The van der Waals surface area contributed by atoms with Crippen molar-refractivity contribution in [3.8, 4) is 11.6 Å². The van der Waals surface area contributed by atoms with Crippen molar-refractivity contribution in [2.75, 3.05) is 17.3 Å². The first kappa shape index (κ1) is 19.0. The number of nitrogen functional groups attached to an aromatic ring is 1. The van der Waals surface area contributed by atoms with E-state index in [2.05, 4.69) is 4.98 Å². The lowest BCUT2D eigenvalue weighted by Gasteiger charge is -2.21. The van der Waals surface area contributed by atoms with Crippen LogP contribution in [0.5, 0.6) is 11.6 Å². The van der Waals surface area contributed by atoms with Gasteiger partial charge in [-0.3, -0.25) is 0 Å². The lowest BCUT2D eigenvalue weighted by atomic mass is 10.2. The van der Waals surface area contributed by atoms with Crippen LogP contribution < -0.4 is 21.3 Å². The molecule has 1 aliphatic rings. The third-order valence-electron chi connectivity index (χ3n) is 3.93. The van der Waals surface area contributed by atoms with Crippen LogP contribution in [0.4, 0.5) is 11.4 Å². The summed E-state index contributed by atoms with van der Waals surface area (Å²) >= 11 is 0. The third kappa shape index (κ3) is 5.08. The molecule has 1 heterocycles. The van der Waals surface area contributed by atoms with E-state index in [4.69, 9.17) is 16.3 Å². The first-order valence-electron chi connectivity index (χ1n) is 8.77. The molecule has 2 aromatic rings. The fraction of sp³-hybridized carbons (Fsp3) is 0.421. The molecule has 25 heavy (non-hydrogen) atoms. The Bertz CT molecular complexity index is 687. The Balaban J connectivity index is 0.00000109. The second kappa shape index (κ2) is 8.69. The Kier molecular flexibility index (Phi) is 6.61. The van der Waals surface area contributed by atoms with E-state index in [1.807, 2.05) is 19.9 Å². The zero-order valence-electron chi connectivity index (χ0n) is 15.1. The molecule has 6 heteroatoms. The maximum Gasteiger partial charge on any atom is 0.225 e. The van der Waals surface area contributed by atoms with Crippen molar-refractivity contribution in [2.24, 2.45) is 11.8 Å². The fourth-order valence-electron chi connectivity index (χ4n) is 2.45. The topological polar surface area (TPSA) is 97.6 Å². The molecular weight excluding hydrogens is 316 g/mol. The second-order valence-electron chi connectivity index (χ2n) is 5.99. The molecule has 6 nitrogen and oxygen atoms in total. The molecule has 1 unspecified atom stereocenters. The Morgan fingerprint density at radius 2 is 2.04 bits per heavy atom. The largest absolute Gasteiger partial charge is 0.439 e. The van der Waals surface area contributed by atoms with Gasteiger partial charge in [0.1, 0.15) is 5.75 Å². The van der Waals surface area contributed by atoms with Gasteiger partial charge in [-0.05, 0) is 49.9 Å². The summed E-state index contributed by atoms with van der Waals surface area (Å²) in [5.74, 6) is 7.68. The maximum atomic E-state index is 9.78. The van der Waals surface area contributed by atoms with E-state index < -0.39 is 6.10 Å². The molecule has 0 aliphatic heterocycles. The Morgan fingerprint density at radius 3 is 2.64 bits per heavy atom. The summed E-state index contributed by atoms with van der Waals surface area (Å²) in [7, 11) is 0. The summed E-state index contributed by atoms with van der Waals surface area (Å²) in [6.45, 7) is 6.49. The lowest BCUT2D eigenvalue weighted by Crippen LogP contribution is -2.33. The van der Waals surface area contributed by atoms with Gasteiger partial charge in [-0.15, -0.1) is 0 Å². The quantitative estimate of drug-likeness (QED) is 0.420. The number of hydrogen-bond donors (Lipinski definition) is 3. The van der Waals surface area contributed by atoms with Crippen molar-refractivity contribution in [1.29, 1.82) is 0 Å². The molecule has 1 aliphatic carbocycles. The molecule has 136 valence electrons. The maximum absolute atomic E-state index is 9.78. The fourth-order valence-corrected chi connectivity index (χ4v) is 2.45. The Hall–Kier alpha value is -2.31. The normalized spacial score (nSPS) is 14.3. The van der Waals surface area contributed by atoms with Crippen LogP contribution in [0.3, 0.4) is 0 Å². The van der Waals surface area contributed by atoms with E-state index in [1.165, 1.54) is 12.8 Å². The van der Waals surface area contributed by atoms with Crippen molar-refractivity contribution in [3.63, 3.8) is 0 Å². The average Bonchev–Trinajstić information content (AvgIpc) is 3.41. The predicted molar refractivity (Wildman–Crippen MR) is 101 cm³/mol. The summed E-state index contributed by atoms with van der Waals surface area (Å²) in [5.41, 5.74) is 8.08. The van der Waals surface area contributed by atoms with E-state index in [0.29, 0.717) is 28.8 Å². The van der Waals surface area contributed by atoms with E-state index in [0.717, 1.165) is 12.2 Å². The predicted octanol–water partition coefficient (Wildman–Crippen LogP) is 3.63. The second-order valence-corrected chi connectivity index (χ2v) is 5.99. The average molecular weight is 344 g/mol. The van der Waals surface area contributed by atoms with E-state index in [-0.39, 0.29) is 0 Å². The number of hydrazine groups is 1. The molecule has 1 fully saturated rings. The number of aliphatic hydroxyl groups excluding tert-OH is 1. The highest BCUT2D eigenvalue weighted by molar-refractivity contribution is 5.69. The number of aliphatic hydroxyl groups is 1. The first-order valence-corrected chi connectivity index (χ1v) is 8.77. The van der Waals surface area contributed by atoms with Gasteiger partial charge in [0.25, 0.3) is 0 Å². The van der Waals surface area contributed by atoms with Crippen LogP contribution in [-0.2, 0) is 0 Å². The van der Waals surface area contributed by atoms with Crippen molar-refractivity contribution in [2.45, 2.75) is 39.7 Å². The molecule has 1 atom stereocenters. The van der Waals surface area contributed by atoms with Crippen LogP contribution in [0.1, 0.15) is 45.3 Å². The minimum atomic E-state index is -0.659. The zero-order valence-corrected chi connectivity index (χ0v) is 15.1. The lowest BCUT2D eigenvalue weighted by molar-refractivity contribution is 0.194. The Morgan fingerprint density at radius 1 is 1.32 bits per heavy atom. The summed E-state index contributed by atoms with van der Waals surface area (Å²) < 4.78 is 5.77. The van der Waals surface area contributed by atoms with Gasteiger partial charge in [0.2, 0.25) is 5.88 Å². The molecule has 0 spiro atoms. The van der Waals surface area contributed by atoms with Crippen LogP contribution in [0, 0.1) is 5.92 Å². The monoisotopic (exact) mass is 344 g/mol. The molecule has 0 bridgehead atoms. The zero-order chi connectivity index (χ0) is 18.4. The number of anilines is 2. The van der Waals surface area contributed by atoms with Crippen molar-refractivity contribution in [3.05, 3.63) is 42.1 Å². The highest BCUT2D eigenvalue weighted by atomic mass is 16.5. The molecule has 3 rings (SSSR count). The summed E-state index contributed by atoms with van der Waals surface area (Å²) in [4.78, 5) is 4.17. The molecule has 0 radical (unpaired) electrons. The molecule has 0 amide bonds. The molecule has 0 saturated heterocycles. The van der Waals surface area contributed by atoms with Gasteiger partial charge in [-0.25, -0.2) is 10.8 Å². The summed E-state index contributed by atoms with van der Waals surface area (Å²) in [5, 5.41) is 11.5. The number of aromatic nitrogens is 1. The number of hydrogen-bond acceptors (Lipinski definition) is 6. The van der Waals surface area contributed by atoms with Gasteiger partial charge in [0.05, 0.1) is 17.5 Å². The number of ether oxygens (including phenoxy) is 1. The minimum Gasteiger partial charge on any atom is -0.439 e. The smallest absolute Gasteiger partial charge is 0.225 e. The molecule has 5 N–H and O–H groups in total. The number of pyridine rings is 1. The highest BCUT2D eigenvalue weighted by Gasteiger charge is 2.24. The first-order chi connectivity index (χ1) is 12.0. The number of benzene rings is 1. The van der Waals surface area contributed by atoms with Crippen LogP contribution in [0.15, 0.2) is 36.5 Å². The van der Waals surface area contributed by atoms with Crippen molar-refractivity contribution < 1.29 is 9.84 Å². The molecule has 1 aromatic heterocycles. The molecule has 1 aromatic carbocycles. The number of nitrogens with zero attached hydrogens (tertiary/aromatic N) is 2.